The van der Waals surface area contributed by atoms with Crippen molar-refractivity contribution in [2.45, 2.75) is 66.5 Å². The van der Waals surface area contributed by atoms with E-state index in [2.05, 4.69) is 10.2 Å². The predicted octanol–water partition coefficient (Wildman–Crippen LogP) is 5.39. The highest BCUT2D eigenvalue weighted by atomic mass is 19.2. The molecule has 0 N–H and O–H groups in total. The summed E-state index contributed by atoms with van der Waals surface area (Å²) >= 11 is 0. The molecule has 3 rings (SSSR count). The van der Waals surface area contributed by atoms with E-state index in [0.29, 0.717) is 11.4 Å². The van der Waals surface area contributed by atoms with E-state index in [1.165, 1.54) is 21.5 Å². The monoisotopic (exact) mass is 511 g/mol. The molecule has 0 aliphatic carbocycles. The van der Waals surface area contributed by atoms with E-state index in [9.17, 15) is 31.5 Å². The van der Waals surface area contributed by atoms with Crippen LogP contribution in [0.1, 0.15) is 73.9 Å². The molecule has 7 nitrogen and oxygen atoms in total. The summed E-state index contributed by atoms with van der Waals surface area (Å²) in [6, 6.07) is 2.51. The molecule has 2 amide bonds. The first-order chi connectivity index (χ1) is 16.4. The molecule has 0 saturated carbocycles. The Morgan fingerprint density at radius 1 is 0.667 bits per heavy atom. The lowest BCUT2D eigenvalue weighted by Crippen LogP contribution is -2.43. The van der Waals surface area contributed by atoms with Gasteiger partial charge in [-0.25, -0.2) is 26.9 Å². The standard InChI is InChI=1S/C24H26F5N5O2/c1-11-9-13(33(30-11)23(3,4)5)21(35)32(20-18(28)16(26)15(25)17(27)19(20)29)22(36)14-10-12(2)31-34(14)24(6,7)8/h9-10H,1-8H3. The van der Waals surface area contributed by atoms with Gasteiger partial charge >= 0.3 is 0 Å². The van der Waals surface area contributed by atoms with Gasteiger partial charge in [0.1, 0.15) is 17.1 Å². The lowest BCUT2D eigenvalue weighted by molar-refractivity contribution is 0.0874. The molecule has 0 unspecified atom stereocenters. The van der Waals surface area contributed by atoms with Crippen LogP contribution in [0.4, 0.5) is 27.6 Å². The molecule has 0 saturated heterocycles. The van der Waals surface area contributed by atoms with Crippen LogP contribution in [0, 0.1) is 42.9 Å². The van der Waals surface area contributed by atoms with E-state index in [-0.39, 0.29) is 16.3 Å². The van der Waals surface area contributed by atoms with Crippen molar-refractivity contribution in [2.75, 3.05) is 4.90 Å². The predicted molar refractivity (Wildman–Crippen MR) is 121 cm³/mol. The molecule has 2 heterocycles. The Labute approximate surface area is 204 Å². The van der Waals surface area contributed by atoms with Gasteiger partial charge < -0.3 is 0 Å². The smallest absolute Gasteiger partial charge is 0.266 e. The van der Waals surface area contributed by atoms with Gasteiger partial charge in [0, 0.05) is 0 Å². The number of rotatable bonds is 3. The summed E-state index contributed by atoms with van der Waals surface area (Å²) in [5.74, 6) is -14.3. The number of carbonyl (C=O) groups is 2. The number of amides is 2. The van der Waals surface area contributed by atoms with Crippen LogP contribution in [0.3, 0.4) is 0 Å². The average Bonchev–Trinajstić information content (AvgIpc) is 3.36. The van der Waals surface area contributed by atoms with Gasteiger partial charge in [0.15, 0.2) is 23.3 Å². The van der Waals surface area contributed by atoms with Crippen LogP contribution in [-0.4, -0.2) is 31.4 Å². The molecule has 0 spiro atoms. The Balaban J connectivity index is 2.39. The van der Waals surface area contributed by atoms with E-state index < -0.39 is 57.7 Å². The van der Waals surface area contributed by atoms with Gasteiger partial charge in [0.25, 0.3) is 11.8 Å². The summed E-state index contributed by atoms with van der Waals surface area (Å²) in [5.41, 5.74) is -3.31. The van der Waals surface area contributed by atoms with Gasteiger partial charge in [-0.1, -0.05) is 0 Å². The zero-order valence-corrected chi connectivity index (χ0v) is 21.1. The third-order valence-electron chi connectivity index (χ3n) is 5.19. The number of halogens is 5. The molecule has 194 valence electrons. The largest absolute Gasteiger partial charge is 0.283 e. The molecule has 12 heteroatoms. The Hall–Kier alpha value is -3.57. The summed E-state index contributed by atoms with van der Waals surface area (Å²) in [6.45, 7) is 13.2. The second kappa shape index (κ2) is 8.82. The summed E-state index contributed by atoms with van der Waals surface area (Å²) in [6.07, 6.45) is 0. The number of benzene rings is 1. The summed E-state index contributed by atoms with van der Waals surface area (Å²) in [5, 5.41) is 8.42. The first-order valence-corrected chi connectivity index (χ1v) is 10.9. The Bertz CT molecular complexity index is 1280. The molecule has 0 atom stereocenters. The molecular formula is C24H26F5N5O2. The van der Waals surface area contributed by atoms with Crippen molar-refractivity contribution in [1.29, 1.82) is 0 Å². The third kappa shape index (κ3) is 4.51. The van der Waals surface area contributed by atoms with E-state index in [4.69, 9.17) is 0 Å². The lowest BCUT2D eigenvalue weighted by atomic mass is 10.1. The number of imide groups is 1. The maximum atomic E-state index is 15.0. The van der Waals surface area contributed by atoms with Crippen LogP contribution in [0.5, 0.6) is 0 Å². The Morgan fingerprint density at radius 2 is 0.972 bits per heavy atom. The fraction of sp³-hybridized carbons (Fsp3) is 0.417. The second-order valence-corrected chi connectivity index (χ2v) is 10.4. The quantitative estimate of drug-likeness (QED) is 0.205. The fourth-order valence-corrected chi connectivity index (χ4v) is 3.64. The summed E-state index contributed by atoms with van der Waals surface area (Å²) in [4.78, 5) is 27.5. The zero-order chi connectivity index (χ0) is 27.5. The van der Waals surface area contributed by atoms with Crippen molar-refractivity contribution in [3.05, 3.63) is 64.0 Å². The van der Waals surface area contributed by atoms with Crippen molar-refractivity contribution in [2.24, 2.45) is 0 Å². The summed E-state index contributed by atoms with van der Waals surface area (Å²) < 4.78 is 74.6. The SMILES string of the molecule is Cc1cc(C(=O)N(C(=O)c2cc(C)nn2C(C)(C)C)c2c(F)c(F)c(F)c(F)c2F)n(C(C)(C)C)n1. The van der Waals surface area contributed by atoms with Crippen LogP contribution in [0.25, 0.3) is 0 Å². The van der Waals surface area contributed by atoms with Crippen molar-refractivity contribution in [3.8, 4) is 0 Å². The molecule has 0 bridgehead atoms. The maximum Gasteiger partial charge on any atom is 0.283 e. The van der Waals surface area contributed by atoms with Gasteiger partial charge in [0.2, 0.25) is 5.82 Å². The number of anilines is 1. The fourth-order valence-electron chi connectivity index (χ4n) is 3.64. The number of aromatic nitrogens is 4. The molecule has 0 fully saturated rings. The second-order valence-electron chi connectivity index (χ2n) is 10.4. The third-order valence-corrected chi connectivity index (χ3v) is 5.19. The minimum atomic E-state index is -2.42. The highest BCUT2D eigenvalue weighted by molar-refractivity contribution is 6.25. The molecule has 0 aliphatic rings. The van der Waals surface area contributed by atoms with Gasteiger partial charge in [-0.3, -0.25) is 19.0 Å². The van der Waals surface area contributed by atoms with Crippen LogP contribution >= 0.6 is 0 Å². The molecule has 36 heavy (non-hydrogen) atoms. The van der Waals surface area contributed by atoms with E-state index >= 15 is 0 Å². The highest BCUT2D eigenvalue weighted by Gasteiger charge is 2.40. The Kier molecular flexibility index (Phi) is 6.62. The van der Waals surface area contributed by atoms with Gasteiger partial charge in [-0.2, -0.15) is 10.2 Å². The average molecular weight is 511 g/mol. The maximum absolute atomic E-state index is 15.0. The first-order valence-electron chi connectivity index (χ1n) is 10.9. The van der Waals surface area contributed by atoms with Crippen molar-refractivity contribution in [3.63, 3.8) is 0 Å². The van der Waals surface area contributed by atoms with Crippen LogP contribution < -0.4 is 4.90 Å². The Morgan fingerprint density at radius 3 is 1.28 bits per heavy atom. The molecule has 2 aromatic heterocycles. The van der Waals surface area contributed by atoms with Gasteiger partial charge in [-0.05, 0) is 67.5 Å². The van der Waals surface area contributed by atoms with E-state index in [1.54, 1.807) is 55.4 Å². The zero-order valence-electron chi connectivity index (χ0n) is 21.1. The molecule has 3 aromatic rings. The van der Waals surface area contributed by atoms with Crippen molar-refractivity contribution >= 4 is 17.5 Å². The number of hydrogen-bond acceptors (Lipinski definition) is 4. The molecule has 0 aliphatic heterocycles. The lowest BCUT2D eigenvalue weighted by Gasteiger charge is -2.28. The van der Waals surface area contributed by atoms with Crippen LogP contribution in [-0.2, 0) is 11.1 Å². The van der Waals surface area contributed by atoms with Crippen LogP contribution in [0.2, 0.25) is 0 Å². The highest BCUT2D eigenvalue weighted by Crippen LogP contribution is 2.33. The molecule has 0 radical (unpaired) electrons. The van der Waals surface area contributed by atoms with E-state index in [0.717, 1.165) is 0 Å². The summed E-state index contributed by atoms with van der Waals surface area (Å²) in [7, 11) is 0. The minimum absolute atomic E-state index is 0.0480. The van der Waals surface area contributed by atoms with Crippen LogP contribution in [0.15, 0.2) is 12.1 Å². The number of carbonyl (C=O) groups excluding carboxylic acids is 2. The van der Waals surface area contributed by atoms with E-state index in [1.807, 2.05) is 0 Å². The number of aryl methyl sites for hydroxylation is 2. The molecule has 1 aromatic carbocycles. The molecular weight excluding hydrogens is 485 g/mol. The van der Waals surface area contributed by atoms with Crippen molar-refractivity contribution in [1.82, 2.24) is 19.6 Å². The minimum Gasteiger partial charge on any atom is -0.266 e. The van der Waals surface area contributed by atoms with Gasteiger partial charge in [-0.15, -0.1) is 0 Å². The topological polar surface area (TPSA) is 73.0 Å². The van der Waals surface area contributed by atoms with Gasteiger partial charge in [0.05, 0.1) is 22.5 Å². The van der Waals surface area contributed by atoms with Crippen molar-refractivity contribution < 1.29 is 31.5 Å². The number of nitrogens with zero attached hydrogens (tertiary/aromatic N) is 5. The normalized spacial score (nSPS) is 12.2. The number of hydrogen-bond donors (Lipinski definition) is 0. The first kappa shape index (κ1) is 27.0.